The molecule has 0 spiro atoms. The monoisotopic (exact) mass is 965 g/mol. The fourth-order valence-corrected chi connectivity index (χ4v) is 9.31. The van der Waals surface area contributed by atoms with E-state index in [0.717, 1.165) is 31.2 Å². The third kappa shape index (κ3) is 9.11. The lowest BCUT2D eigenvalue weighted by Crippen LogP contribution is -2.39. The Labute approximate surface area is 355 Å². The van der Waals surface area contributed by atoms with E-state index in [0.29, 0.717) is 4.57 Å². The van der Waals surface area contributed by atoms with Crippen molar-refractivity contribution < 1.29 is 85.6 Å². The number of aliphatic hydroxyl groups excluding tert-OH is 4. The third-order valence-corrected chi connectivity index (χ3v) is 12.4. The lowest BCUT2D eigenvalue weighted by Gasteiger charge is -2.25. The van der Waals surface area contributed by atoms with Crippen LogP contribution in [-0.4, -0.2) is 158 Å². The van der Waals surface area contributed by atoms with Gasteiger partial charge in [-0.25, -0.2) is 43.8 Å². The fraction of sp³-hybridized carbons (Fsp3) is 0.517. The van der Waals surface area contributed by atoms with E-state index < -0.39 is 129 Å². The summed E-state index contributed by atoms with van der Waals surface area (Å²) < 4.78 is 84.0. The number of aromatic amines is 1. The van der Waals surface area contributed by atoms with Crippen molar-refractivity contribution in [3.8, 4) is 0 Å². The van der Waals surface area contributed by atoms with Gasteiger partial charge in [-0.15, -0.1) is 9.42 Å². The minimum absolute atomic E-state index is 0.00978. The second kappa shape index (κ2) is 18.0. The van der Waals surface area contributed by atoms with Crippen LogP contribution in [0.25, 0.3) is 22.3 Å². The van der Waals surface area contributed by atoms with Gasteiger partial charge < -0.3 is 55.9 Å². The Morgan fingerprint density at radius 1 is 0.688 bits per heavy atom. The number of anilines is 2. The number of nitrogens with two attached hydrogens (primary N) is 2. The van der Waals surface area contributed by atoms with Crippen LogP contribution < -0.4 is 22.7 Å². The van der Waals surface area contributed by atoms with Gasteiger partial charge >= 0.3 is 29.6 Å². The van der Waals surface area contributed by atoms with Gasteiger partial charge in [0.05, 0.1) is 25.9 Å². The van der Waals surface area contributed by atoms with E-state index in [9.17, 15) is 58.4 Å². The summed E-state index contributed by atoms with van der Waals surface area (Å²) in [6.07, 6.45) is -15.4. The molecular weight excluding hydrogens is 929 g/mol. The molecule has 0 aromatic carbocycles. The van der Waals surface area contributed by atoms with Gasteiger partial charge in [0.2, 0.25) is 0 Å². The molecule has 3 fully saturated rings. The van der Waals surface area contributed by atoms with Crippen molar-refractivity contribution in [2.24, 2.45) is 0 Å². The number of hydrogen-bond donors (Lipinski definition) is 10. The number of nitrogens with one attached hydrogen (secondary N) is 1. The zero-order chi connectivity index (χ0) is 45.8. The first-order chi connectivity index (χ1) is 30.3. The van der Waals surface area contributed by atoms with E-state index in [1.54, 1.807) is 0 Å². The van der Waals surface area contributed by atoms with Crippen LogP contribution >= 0.6 is 23.9 Å². The molecule has 0 radical (unpaired) electrons. The molecule has 8 rings (SSSR count). The van der Waals surface area contributed by atoms with Gasteiger partial charge in [-0.3, -0.25) is 41.6 Å². The molecule has 8 heterocycles. The normalized spacial score (nSPS) is 31.7. The van der Waals surface area contributed by atoms with E-state index >= 15 is 0 Å². The summed E-state index contributed by atoms with van der Waals surface area (Å²) in [5, 5.41) is 44.1. The first kappa shape index (κ1) is 45.9. The number of nitrogens with zero attached hydrogens (tertiary/aromatic N) is 9. The van der Waals surface area contributed by atoms with Gasteiger partial charge in [-0.2, -0.15) is 0 Å². The number of aliphatic hydroxyl groups is 4. The summed E-state index contributed by atoms with van der Waals surface area (Å²) in [7, 11) is -14.1. The highest BCUT2D eigenvalue weighted by Gasteiger charge is 2.53. The summed E-state index contributed by atoms with van der Waals surface area (Å²) >= 11 is 0. The van der Waals surface area contributed by atoms with Gasteiger partial charge in [-0.05, 0) is 0 Å². The van der Waals surface area contributed by atoms with Crippen LogP contribution in [0.2, 0.25) is 0 Å². The number of hydrogen-bond acceptors (Lipinski definition) is 25. The number of rotatable bonds is 16. The second-order valence-corrected chi connectivity index (χ2v) is 17.6. The number of H-pyrrole nitrogens is 1. The fourth-order valence-electron chi connectivity index (χ4n) is 7.11. The van der Waals surface area contributed by atoms with Crippen LogP contribution in [0.4, 0.5) is 11.6 Å². The average Bonchev–Trinajstić information content (AvgIpc) is 4.05. The van der Waals surface area contributed by atoms with Crippen molar-refractivity contribution in [3.05, 3.63) is 58.4 Å². The van der Waals surface area contributed by atoms with E-state index in [1.165, 1.54) is 15.5 Å². The molecule has 0 amide bonds. The van der Waals surface area contributed by atoms with E-state index in [2.05, 4.69) is 29.9 Å². The van der Waals surface area contributed by atoms with Gasteiger partial charge in [-0.1, -0.05) is 0 Å². The molecule has 0 saturated carbocycles. The first-order valence-electron chi connectivity index (χ1n) is 18.3. The summed E-state index contributed by atoms with van der Waals surface area (Å²) in [4.78, 5) is 81.3. The van der Waals surface area contributed by atoms with Crippen molar-refractivity contribution >= 4 is 57.9 Å². The predicted octanol–water partition coefficient (Wildman–Crippen LogP) is -3.81. The maximum Gasteiger partial charge on any atom is 0.694 e. The average molecular weight is 966 g/mol. The minimum atomic E-state index is -5.45. The molecule has 346 valence electrons. The van der Waals surface area contributed by atoms with Crippen LogP contribution in [0.3, 0.4) is 0 Å². The number of imidazole rings is 2. The molecule has 35 heteroatoms. The summed E-state index contributed by atoms with van der Waals surface area (Å²) in [5.41, 5.74) is 10.1. The quantitative estimate of drug-likeness (QED) is 0.0424. The molecule has 15 atom stereocenters. The lowest BCUT2D eigenvalue weighted by molar-refractivity contribution is -0.0628. The zero-order valence-corrected chi connectivity index (χ0v) is 34.7. The molecule has 64 heavy (non-hydrogen) atoms. The molecule has 3 aliphatic heterocycles. The summed E-state index contributed by atoms with van der Waals surface area (Å²) in [6.45, 7) is -2.86. The summed E-state index contributed by atoms with van der Waals surface area (Å²) in [5.74, 6) is -0.0266. The van der Waals surface area contributed by atoms with E-state index in [4.69, 9.17) is 48.3 Å². The van der Waals surface area contributed by atoms with Crippen LogP contribution in [0.1, 0.15) is 18.7 Å². The maximum atomic E-state index is 13.5. The standard InChI is InChI=1S/C29H35N12O20P3/c30-22-14-24(34-6-32-22)40(8-36-14)26-17(44)16(43)10(57-26)4-55-63(50,51)61-21-12(59-27(18(21)45)39-2-1-13(42)38-29(39)47)5-56-64(52,53)60-20-11(3-54-62(48)49)58-28(19(20)46)41-9-37-15-23(31)33-7-35-25(15)41/h1-2,6-12,16-21,26-28,43-46H,3-5H2,(H7-,30,31,32,33,34,35,38,42,47,48,49,50,51,52,53)/p+1/t10-,11-,12-,16-,17-,18-,19-,20-,21-,26-,27-,28-/m1/s1. The molecule has 3 aliphatic rings. The number of phosphoric acid groups is 2. The summed E-state index contributed by atoms with van der Waals surface area (Å²) in [6, 6.07) is 0.875. The van der Waals surface area contributed by atoms with Crippen LogP contribution in [0, 0.1) is 0 Å². The number of aromatic nitrogens is 10. The topological polar surface area (TPSA) is 461 Å². The van der Waals surface area contributed by atoms with Crippen LogP contribution in [-0.2, 0) is 50.5 Å². The third-order valence-electron chi connectivity index (χ3n) is 10.1. The van der Waals surface area contributed by atoms with Crippen molar-refractivity contribution in [1.82, 2.24) is 48.6 Å². The second-order valence-electron chi connectivity index (χ2n) is 14.0. The highest BCUT2D eigenvalue weighted by atomic mass is 31.2. The van der Waals surface area contributed by atoms with E-state index in [-0.39, 0.29) is 34.0 Å². The Morgan fingerprint density at radius 3 is 1.67 bits per heavy atom. The molecule has 5 aromatic rings. The Balaban J connectivity index is 0.978. The smallest absolute Gasteiger partial charge is 0.387 e. The highest BCUT2D eigenvalue weighted by Crippen LogP contribution is 2.52. The van der Waals surface area contributed by atoms with Crippen LogP contribution in [0.15, 0.2) is 47.2 Å². The SMILES string of the molecule is Nc1ncnc2c1ncn2[C@@H]1O[C@H](COP(=O)(O)O[C@H]2[C@@H](O)[C@H](n3ccc(=O)[nH]c3=O)O[C@@H]2COP(=O)(O)O[C@H]2[C@@H](O)[C@H](n3cnc4c(N)ncnc43)O[C@@H]2CO[P+](=O)O)[C@@H](O)[C@H]1O. The predicted molar refractivity (Wildman–Crippen MR) is 204 cm³/mol. The number of fused-ring (bicyclic) bond motifs is 2. The van der Waals surface area contributed by atoms with Crippen molar-refractivity contribution in [3.63, 3.8) is 0 Å². The molecule has 32 nitrogen and oxygen atoms in total. The van der Waals surface area contributed by atoms with Gasteiger partial charge in [0.15, 0.2) is 41.6 Å². The number of phosphoric ester groups is 2. The molecule has 12 N–H and O–H groups in total. The van der Waals surface area contributed by atoms with Crippen molar-refractivity contribution in [1.29, 1.82) is 0 Å². The number of ether oxygens (including phenoxy) is 3. The van der Waals surface area contributed by atoms with Crippen LogP contribution in [0.5, 0.6) is 0 Å². The highest BCUT2D eigenvalue weighted by molar-refractivity contribution is 7.47. The molecule has 3 unspecified atom stereocenters. The Bertz CT molecular complexity index is 2760. The minimum Gasteiger partial charge on any atom is -0.387 e. The Kier molecular flexibility index (Phi) is 12.9. The lowest BCUT2D eigenvalue weighted by atomic mass is 10.1. The maximum absolute atomic E-state index is 13.5. The zero-order valence-electron chi connectivity index (χ0n) is 32.0. The van der Waals surface area contributed by atoms with Crippen molar-refractivity contribution in [2.75, 3.05) is 31.3 Å². The Morgan fingerprint density at radius 2 is 1.16 bits per heavy atom. The Hall–Kier alpha value is -4.66. The number of nitrogen functional groups attached to an aromatic ring is 2. The van der Waals surface area contributed by atoms with Gasteiger partial charge in [0, 0.05) is 16.8 Å². The molecule has 5 aromatic heterocycles. The van der Waals surface area contributed by atoms with Gasteiger partial charge in [0.25, 0.3) is 5.56 Å². The molecule has 3 saturated heterocycles. The van der Waals surface area contributed by atoms with Gasteiger partial charge in [0.1, 0.15) is 85.2 Å². The molecule has 0 bridgehead atoms. The van der Waals surface area contributed by atoms with Crippen molar-refractivity contribution in [2.45, 2.75) is 73.6 Å². The molecule has 0 aliphatic carbocycles. The largest absolute Gasteiger partial charge is 0.694 e. The first-order valence-corrected chi connectivity index (χ1v) is 22.4. The van der Waals surface area contributed by atoms with E-state index in [1.807, 2.05) is 4.98 Å². The molecular formula is C29H36N12O20P3+.